The van der Waals surface area contributed by atoms with E-state index in [2.05, 4.69) is 15.1 Å². The van der Waals surface area contributed by atoms with Gasteiger partial charge in [0.05, 0.1) is 17.1 Å². The molecule has 0 saturated carbocycles. The van der Waals surface area contributed by atoms with Crippen LogP contribution >= 0.6 is 0 Å². The smallest absolute Gasteiger partial charge is 0.410 e. The van der Waals surface area contributed by atoms with Crippen molar-refractivity contribution < 1.29 is 27.1 Å². The average Bonchev–Trinajstić information content (AvgIpc) is 3.18. The number of piperidine rings is 1. The average molecular weight is 492 g/mol. The summed E-state index contributed by atoms with van der Waals surface area (Å²) in [6.07, 6.45) is 4.85. The molecule has 0 radical (unpaired) electrons. The predicted octanol–water partition coefficient (Wildman–Crippen LogP) is 3.73. The van der Waals surface area contributed by atoms with Gasteiger partial charge in [-0.05, 0) is 51.8 Å². The van der Waals surface area contributed by atoms with E-state index >= 15 is 0 Å². The molecule has 1 aromatic carbocycles. The first-order valence-corrected chi connectivity index (χ1v) is 12.6. The summed E-state index contributed by atoms with van der Waals surface area (Å²) in [6.45, 7) is 6.54. The van der Waals surface area contributed by atoms with Crippen LogP contribution in [0, 0.1) is 5.82 Å². The Morgan fingerprint density at radius 1 is 1.18 bits per heavy atom. The topological polar surface area (TPSA) is 117 Å². The van der Waals surface area contributed by atoms with Crippen molar-refractivity contribution in [1.82, 2.24) is 24.6 Å². The minimum Gasteiger partial charge on any atom is -0.444 e. The Hall–Kier alpha value is -3.28. The van der Waals surface area contributed by atoms with E-state index in [9.17, 15) is 17.6 Å². The van der Waals surface area contributed by atoms with Crippen molar-refractivity contribution >= 4 is 27.0 Å². The minimum absolute atomic E-state index is 0.00437. The Morgan fingerprint density at radius 3 is 2.50 bits per heavy atom. The molecule has 0 bridgehead atoms. The van der Waals surface area contributed by atoms with Crippen molar-refractivity contribution in [2.45, 2.75) is 50.2 Å². The Bertz CT molecular complexity index is 1330. The Morgan fingerprint density at radius 2 is 1.88 bits per heavy atom. The zero-order chi connectivity index (χ0) is 24.7. The van der Waals surface area contributed by atoms with Crippen LogP contribution < -0.4 is 4.74 Å². The van der Waals surface area contributed by atoms with E-state index in [0.717, 1.165) is 12.3 Å². The largest absolute Gasteiger partial charge is 0.444 e. The van der Waals surface area contributed by atoms with Gasteiger partial charge in [-0.25, -0.2) is 32.3 Å². The highest BCUT2D eigenvalue weighted by molar-refractivity contribution is 7.90. The van der Waals surface area contributed by atoms with Gasteiger partial charge in [0.25, 0.3) is 0 Å². The number of amides is 1. The number of rotatable bonds is 4. The highest BCUT2D eigenvalue weighted by Gasteiger charge is 2.29. The molecule has 1 aliphatic heterocycles. The van der Waals surface area contributed by atoms with Crippen LogP contribution in [0.2, 0.25) is 0 Å². The molecular weight excluding hydrogens is 465 g/mol. The van der Waals surface area contributed by atoms with E-state index in [4.69, 9.17) is 9.47 Å². The third kappa shape index (κ3) is 5.11. The van der Waals surface area contributed by atoms with Crippen molar-refractivity contribution in [2.75, 3.05) is 19.3 Å². The van der Waals surface area contributed by atoms with Gasteiger partial charge in [-0.15, -0.1) is 0 Å². The van der Waals surface area contributed by atoms with Crippen LogP contribution in [0.3, 0.4) is 0 Å². The summed E-state index contributed by atoms with van der Waals surface area (Å²) in [5, 5.41) is 4.94. The van der Waals surface area contributed by atoms with E-state index in [1.807, 2.05) is 20.8 Å². The molecule has 1 aliphatic rings. The Balaban J connectivity index is 1.51. The van der Waals surface area contributed by atoms with Crippen molar-refractivity contribution in [1.29, 1.82) is 0 Å². The van der Waals surface area contributed by atoms with Gasteiger partial charge in [-0.2, -0.15) is 5.10 Å². The highest BCUT2D eigenvalue weighted by atomic mass is 32.2. The summed E-state index contributed by atoms with van der Waals surface area (Å²) in [7, 11) is -3.54. The molecule has 2 aromatic heterocycles. The lowest BCUT2D eigenvalue weighted by molar-refractivity contribution is 0.0186. The Kier molecular flexibility index (Phi) is 6.19. The lowest BCUT2D eigenvalue weighted by Crippen LogP contribution is -2.42. The molecule has 0 aliphatic carbocycles. The van der Waals surface area contributed by atoms with Crippen molar-refractivity contribution in [3.8, 4) is 11.6 Å². The van der Waals surface area contributed by atoms with Crippen LogP contribution in [0.15, 0.2) is 35.6 Å². The molecule has 182 valence electrons. The SMILES string of the molecule is CC(C)(C)OC(=O)N1CCC(n2ncc3c(Oc4ccc(S(C)(=O)=O)cc4F)ncnc32)CC1. The minimum atomic E-state index is -3.54. The monoisotopic (exact) mass is 491 g/mol. The molecule has 3 aromatic rings. The number of sulfone groups is 1. The number of hydrogen-bond acceptors (Lipinski definition) is 8. The standard InChI is InChI=1S/C22H26FN5O5S/c1-22(2,3)33-21(29)27-9-7-14(8-10-27)28-19-16(12-26-28)20(25-13-24-19)32-18-6-5-15(11-17(18)23)34(4,30)31/h5-6,11-14H,7-10H2,1-4H3. The summed E-state index contributed by atoms with van der Waals surface area (Å²) in [4.78, 5) is 22.3. The van der Waals surface area contributed by atoms with E-state index in [0.29, 0.717) is 37.0 Å². The number of carbonyl (C=O) groups excluding carboxylic acids is 1. The molecule has 4 rings (SSSR count). The van der Waals surface area contributed by atoms with Crippen LogP contribution in [-0.2, 0) is 14.6 Å². The van der Waals surface area contributed by atoms with Crippen LogP contribution in [0.4, 0.5) is 9.18 Å². The first-order valence-electron chi connectivity index (χ1n) is 10.8. The number of halogens is 1. The third-order valence-corrected chi connectivity index (χ3v) is 6.46. The molecule has 0 spiro atoms. The summed E-state index contributed by atoms with van der Waals surface area (Å²) in [6, 6.07) is 3.43. The number of carbonyl (C=O) groups is 1. The van der Waals surface area contributed by atoms with Gasteiger partial charge in [-0.3, -0.25) is 0 Å². The maximum atomic E-state index is 14.5. The van der Waals surface area contributed by atoms with E-state index in [-0.39, 0.29) is 28.7 Å². The summed E-state index contributed by atoms with van der Waals surface area (Å²) >= 11 is 0. The molecule has 34 heavy (non-hydrogen) atoms. The fourth-order valence-corrected chi connectivity index (χ4v) is 4.34. The number of nitrogens with zero attached hydrogens (tertiary/aromatic N) is 5. The molecule has 3 heterocycles. The van der Waals surface area contributed by atoms with Gasteiger partial charge in [0.1, 0.15) is 17.3 Å². The molecule has 1 fully saturated rings. The third-order valence-electron chi connectivity index (χ3n) is 5.35. The van der Waals surface area contributed by atoms with Gasteiger partial charge >= 0.3 is 6.09 Å². The quantitative estimate of drug-likeness (QED) is 0.542. The second-order valence-corrected chi connectivity index (χ2v) is 11.2. The number of likely N-dealkylation sites (tertiary alicyclic amines) is 1. The maximum absolute atomic E-state index is 14.5. The molecular formula is C22H26FN5O5S. The molecule has 1 amide bonds. The summed E-state index contributed by atoms with van der Waals surface area (Å²) < 4.78 is 50.6. The van der Waals surface area contributed by atoms with E-state index in [1.165, 1.54) is 18.5 Å². The van der Waals surface area contributed by atoms with Crippen molar-refractivity contribution in [3.05, 3.63) is 36.5 Å². The lowest BCUT2D eigenvalue weighted by atomic mass is 10.1. The first kappa shape index (κ1) is 23.9. The highest BCUT2D eigenvalue weighted by Crippen LogP contribution is 2.32. The number of benzene rings is 1. The van der Waals surface area contributed by atoms with Crippen molar-refractivity contribution in [2.24, 2.45) is 0 Å². The number of hydrogen-bond donors (Lipinski definition) is 0. The summed E-state index contributed by atoms with van der Waals surface area (Å²) in [5.41, 5.74) is -0.0294. The van der Waals surface area contributed by atoms with E-state index < -0.39 is 21.3 Å². The fraction of sp³-hybridized carbons (Fsp3) is 0.455. The van der Waals surface area contributed by atoms with Gasteiger partial charge in [0.2, 0.25) is 5.88 Å². The molecule has 0 atom stereocenters. The zero-order valence-corrected chi connectivity index (χ0v) is 20.2. The number of fused-ring (bicyclic) bond motifs is 1. The van der Waals surface area contributed by atoms with Crippen LogP contribution in [0.1, 0.15) is 39.7 Å². The van der Waals surface area contributed by atoms with Gasteiger partial charge < -0.3 is 14.4 Å². The zero-order valence-electron chi connectivity index (χ0n) is 19.4. The second kappa shape index (κ2) is 8.82. The second-order valence-electron chi connectivity index (χ2n) is 9.17. The molecule has 10 nitrogen and oxygen atoms in total. The number of ether oxygens (including phenoxy) is 2. The Labute approximate surface area is 196 Å². The molecule has 0 N–H and O–H groups in total. The van der Waals surface area contributed by atoms with Crippen molar-refractivity contribution in [3.63, 3.8) is 0 Å². The first-order chi connectivity index (χ1) is 15.9. The molecule has 12 heteroatoms. The van der Waals surface area contributed by atoms with Crippen LogP contribution in [0.5, 0.6) is 11.6 Å². The lowest BCUT2D eigenvalue weighted by Gasteiger charge is -2.33. The maximum Gasteiger partial charge on any atom is 0.410 e. The van der Waals surface area contributed by atoms with Crippen LogP contribution in [-0.4, -0.2) is 64.1 Å². The van der Waals surface area contributed by atoms with Gasteiger partial charge in [-0.1, -0.05) is 0 Å². The van der Waals surface area contributed by atoms with E-state index in [1.54, 1.807) is 15.8 Å². The number of aromatic nitrogens is 4. The van der Waals surface area contributed by atoms with Gasteiger partial charge in [0, 0.05) is 19.3 Å². The molecule has 1 saturated heterocycles. The summed E-state index contributed by atoms with van der Waals surface area (Å²) in [5.74, 6) is -0.879. The van der Waals surface area contributed by atoms with Gasteiger partial charge in [0.15, 0.2) is 27.1 Å². The predicted molar refractivity (Wildman–Crippen MR) is 121 cm³/mol. The normalized spacial score (nSPS) is 15.5. The molecule has 0 unspecified atom stereocenters. The fourth-order valence-electron chi connectivity index (χ4n) is 3.71. The van der Waals surface area contributed by atoms with Crippen LogP contribution in [0.25, 0.3) is 11.0 Å².